The van der Waals surface area contributed by atoms with E-state index in [1.54, 1.807) is 6.07 Å². The number of amides is 1. The van der Waals surface area contributed by atoms with Crippen molar-refractivity contribution in [1.82, 2.24) is 5.32 Å². The molecule has 1 amide bonds. The quantitative estimate of drug-likeness (QED) is 0.851. The normalized spacial score (nSPS) is 10.6. The first-order valence-corrected chi connectivity index (χ1v) is 7.18. The van der Waals surface area contributed by atoms with Gasteiger partial charge in [0.15, 0.2) is 0 Å². The third-order valence-corrected chi connectivity index (χ3v) is 4.19. The standard InChI is InChI=1S/C15H18N2OS/c1-2-12-7-8-13(19-12)10-17-9-11-5-3-4-6-14(11)15(16)18/h3-8,17H,2,9-10H2,1H3,(H2,16,18). The van der Waals surface area contributed by atoms with Gasteiger partial charge in [-0.3, -0.25) is 4.79 Å². The van der Waals surface area contributed by atoms with E-state index in [4.69, 9.17) is 5.73 Å². The van der Waals surface area contributed by atoms with E-state index >= 15 is 0 Å². The lowest BCUT2D eigenvalue weighted by atomic mass is 10.1. The number of rotatable bonds is 6. The molecule has 0 unspecified atom stereocenters. The molecule has 0 bridgehead atoms. The largest absolute Gasteiger partial charge is 0.366 e. The molecule has 3 N–H and O–H groups in total. The van der Waals surface area contributed by atoms with Gasteiger partial charge in [-0.1, -0.05) is 25.1 Å². The van der Waals surface area contributed by atoms with Crippen LogP contribution < -0.4 is 11.1 Å². The molecule has 0 spiro atoms. The maximum atomic E-state index is 11.3. The topological polar surface area (TPSA) is 55.1 Å². The number of carbonyl (C=O) groups is 1. The van der Waals surface area contributed by atoms with Gasteiger partial charge < -0.3 is 11.1 Å². The van der Waals surface area contributed by atoms with Crippen LogP contribution in [0.1, 0.15) is 32.6 Å². The summed E-state index contributed by atoms with van der Waals surface area (Å²) in [7, 11) is 0. The Morgan fingerprint density at radius 3 is 2.58 bits per heavy atom. The van der Waals surface area contributed by atoms with Crippen molar-refractivity contribution >= 4 is 17.2 Å². The van der Waals surface area contributed by atoms with E-state index in [9.17, 15) is 4.79 Å². The van der Waals surface area contributed by atoms with E-state index in [-0.39, 0.29) is 5.91 Å². The number of benzene rings is 1. The van der Waals surface area contributed by atoms with Gasteiger partial charge in [-0.25, -0.2) is 0 Å². The molecule has 2 aromatic rings. The number of hydrogen-bond acceptors (Lipinski definition) is 3. The minimum atomic E-state index is -0.373. The molecular formula is C15H18N2OS. The van der Waals surface area contributed by atoms with Crippen molar-refractivity contribution in [3.8, 4) is 0 Å². The molecular weight excluding hydrogens is 256 g/mol. The zero-order chi connectivity index (χ0) is 13.7. The number of aryl methyl sites for hydroxylation is 1. The number of nitrogens with one attached hydrogen (secondary N) is 1. The van der Waals surface area contributed by atoms with E-state index < -0.39 is 0 Å². The summed E-state index contributed by atoms with van der Waals surface area (Å²) in [6, 6.07) is 11.8. The van der Waals surface area contributed by atoms with Gasteiger partial charge in [0.05, 0.1) is 0 Å². The second-order valence-corrected chi connectivity index (χ2v) is 5.60. The summed E-state index contributed by atoms with van der Waals surface area (Å²) in [5.74, 6) is -0.373. The summed E-state index contributed by atoms with van der Waals surface area (Å²) in [6.07, 6.45) is 1.08. The Bertz CT molecular complexity index is 563. The van der Waals surface area contributed by atoms with E-state index in [0.29, 0.717) is 12.1 Å². The number of thiophene rings is 1. The van der Waals surface area contributed by atoms with E-state index in [0.717, 1.165) is 18.5 Å². The SMILES string of the molecule is CCc1ccc(CNCc2ccccc2C(N)=O)s1. The van der Waals surface area contributed by atoms with Gasteiger partial charge >= 0.3 is 0 Å². The van der Waals surface area contributed by atoms with Gasteiger partial charge in [0.1, 0.15) is 0 Å². The van der Waals surface area contributed by atoms with Crippen LogP contribution in [0.5, 0.6) is 0 Å². The van der Waals surface area contributed by atoms with Crippen LogP contribution in [-0.4, -0.2) is 5.91 Å². The zero-order valence-corrected chi connectivity index (χ0v) is 11.8. The van der Waals surface area contributed by atoms with Crippen LogP contribution in [0.2, 0.25) is 0 Å². The molecule has 0 saturated carbocycles. The second-order valence-electron chi connectivity index (χ2n) is 4.35. The van der Waals surface area contributed by atoms with Crippen LogP contribution in [0.15, 0.2) is 36.4 Å². The van der Waals surface area contributed by atoms with Crippen LogP contribution in [0, 0.1) is 0 Å². The Kier molecular flexibility index (Phi) is 4.71. The lowest BCUT2D eigenvalue weighted by molar-refractivity contribution is 0.0999. The van der Waals surface area contributed by atoms with Crippen LogP contribution in [-0.2, 0) is 19.5 Å². The average Bonchev–Trinajstić information content (AvgIpc) is 2.87. The third-order valence-electron chi connectivity index (χ3n) is 2.96. The molecule has 0 fully saturated rings. The summed E-state index contributed by atoms with van der Waals surface area (Å²) >= 11 is 1.82. The summed E-state index contributed by atoms with van der Waals surface area (Å²) in [5, 5.41) is 3.35. The highest BCUT2D eigenvalue weighted by Crippen LogP contribution is 2.17. The monoisotopic (exact) mass is 274 g/mol. The maximum absolute atomic E-state index is 11.3. The summed E-state index contributed by atoms with van der Waals surface area (Å²) in [4.78, 5) is 14.0. The fourth-order valence-electron chi connectivity index (χ4n) is 1.94. The average molecular weight is 274 g/mol. The molecule has 0 radical (unpaired) electrons. The molecule has 0 aliphatic rings. The second kappa shape index (κ2) is 6.50. The Morgan fingerprint density at radius 2 is 1.89 bits per heavy atom. The highest BCUT2D eigenvalue weighted by molar-refractivity contribution is 7.11. The molecule has 0 aliphatic carbocycles. The van der Waals surface area contributed by atoms with Gasteiger partial charge in [-0.15, -0.1) is 11.3 Å². The van der Waals surface area contributed by atoms with E-state index in [1.165, 1.54) is 9.75 Å². The molecule has 1 heterocycles. The van der Waals surface area contributed by atoms with Gasteiger partial charge in [0.25, 0.3) is 0 Å². The van der Waals surface area contributed by atoms with Gasteiger partial charge in [-0.05, 0) is 30.2 Å². The van der Waals surface area contributed by atoms with E-state index in [2.05, 4.69) is 24.4 Å². The van der Waals surface area contributed by atoms with Crippen molar-refractivity contribution in [2.75, 3.05) is 0 Å². The number of carbonyl (C=O) groups excluding carboxylic acids is 1. The van der Waals surface area contributed by atoms with Crippen LogP contribution >= 0.6 is 11.3 Å². The van der Waals surface area contributed by atoms with Crippen molar-refractivity contribution in [3.05, 3.63) is 57.3 Å². The van der Waals surface area contributed by atoms with Crippen molar-refractivity contribution in [1.29, 1.82) is 0 Å². The smallest absolute Gasteiger partial charge is 0.249 e. The van der Waals surface area contributed by atoms with Crippen molar-refractivity contribution < 1.29 is 4.79 Å². The first-order chi connectivity index (χ1) is 9.20. The highest BCUT2D eigenvalue weighted by atomic mass is 32.1. The van der Waals surface area contributed by atoms with E-state index in [1.807, 2.05) is 29.5 Å². The Hall–Kier alpha value is -1.65. The molecule has 0 aliphatic heterocycles. The Balaban J connectivity index is 1.94. The molecule has 0 atom stereocenters. The molecule has 0 saturated heterocycles. The fraction of sp³-hybridized carbons (Fsp3) is 0.267. The number of nitrogens with two attached hydrogens (primary N) is 1. The summed E-state index contributed by atoms with van der Waals surface area (Å²) in [5.41, 5.74) is 6.89. The maximum Gasteiger partial charge on any atom is 0.249 e. The molecule has 19 heavy (non-hydrogen) atoms. The number of hydrogen-bond donors (Lipinski definition) is 2. The Labute approximate surface area is 117 Å². The zero-order valence-electron chi connectivity index (χ0n) is 11.0. The summed E-state index contributed by atoms with van der Waals surface area (Å²) < 4.78 is 0. The van der Waals surface area contributed by atoms with Crippen molar-refractivity contribution in [3.63, 3.8) is 0 Å². The molecule has 4 heteroatoms. The number of primary amides is 1. The Morgan fingerprint density at radius 1 is 1.16 bits per heavy atom. The molecule has 1 aromatic heterocycles. The lowest BCUT2D eigenvalue weighted by Gasteiger charge is -2.07. The molecule has 2 rings (SSSR count). The van der Waals surface area contributed by atoms with Crippen LogP contribution in [0.3, 0.4) is 0 Å². The minimum absolute atomic E-state index is 0.373. The predicted molar refractivity (Wildman–Crippen MR) is 79.2 cm³/mol. The van der Waals surface area contributed by atoms with Gasteiger partial charge in [0.2, 0.25) is 5.91 Å². The summed E-state index contributed by atoms with van der Waals surface area (Å²) in [6.45, 7) is 3.63. The fourth-order valence-corrected chi connectivity index (χ4v) is 2.87. The van der Waals surface area contributed by atoms with Crippen LogP contribution in [0.4, 0.5) is 0 Å². The van der Waals surface area contributed by atoms with Gasteiger partial charge in [0, 0.05) is 28.4 Å². The molecule has 3 nitrogen and oxygen atoms in total. The first-order valence-electron chi connectivity index (χ1n) is 6.36. The minimum Gasteiger partial charge on any atom is -0.366 e. The van der Waals surface area contributed by atoms with Crippen LogP contribution in [0.25, 0.3) is 0 Å². The predicted octanol–water partition coefficient (Wildman–Crippen LogP) is 2.70. The van der Waals surface area contributed by atoms with Crippen molar-refractivity contribution in [2.24, 2.45) is 5.73 Å². The van der Waals surface area contributed by atoms with Crippen molar-refractivity contribution in [2.45, 2.75) is 26.4 Å². The third kappa shape index (κ3) is 3.66. The molecule has 1 aromatic carbocycles. The first kappa shape index (κ1) is 13.8. The van der Waals surface area contributed by atoms with Gasteiger partial charge in [-0.2, -0.15) is 0 Å². The lowest BCUT2D eigenvalue weighted by Crippen LogP contribution is -2.18. The molecule has 100 valence electrons. The highest BCUT2D eigenvalue weighted by Gasteiger charge is 2.06.